The van der Waals surface area contributed by atoms with Gasteiger partial charge in [-0.3, -0.25) is 4.79 Å². The van der Waals surface area contributed by atoms with E-state index in [2.05, 4.69) is 5.32 Å². The third kappa shape index (κ3) is 3.62. The summed E-state index contributed by atoms with van der Waals surface area (Å²) in [5, 5.41) is 12.1. The zero-order valence-electron chi connectivity index (χ0n) is 10.6. The first kappa shape index (κ1) is 14.8. The number of aliphatic hydroxyl groups excluding tert-OH is 1. The van der Waals surface area contributed by atoms with Crippen molar-refractivity contribution in [2.75, 3.05) is 12.3 Å². The fraction of sp³-hybridized carbons (Fsp3) is 0.462. The lowest BCUT2D eigenvalue weighted by molar-refractivity contribution is 0.0917. The van der Waals surface area contributed by atoms with Crippen molar-refractivity contribution in [1.29, 1.82) is 0 Å². The van der Waals surface area contributed by atoms with Crippen LogP contribution >= 0.6 is 11.6 Å². The summed E-state index contributed by atoms with van der Waals surface area (Å²) in [4.78, 5) is 12.1. The Kier molecular flexibility index (Phi) is 5.44. The number of nitrogen functional groups attached to an aromatic ring is 1. The van der Waals surface area contributed by atoms with E-state index in [0.717, 1.165) is 0 Å². The van der Waals surface area contributed by atoms with Crippen LogP contribution in [0.5, 0.6) is 0 Å². The number of hydrogen-bond donors (Lipinski definition) is 3. The molecule has 0 aromatic heterocycles. The first-order chi connectivity index (χ1) is 8.47. The number of amides is 1. The Labute approximate surface area is 112 Å². The molecule has 0 radical (unpaired) electrons. The predicted molar refractivity (Wildman–Crippen MR) is 73.7 cm³/mol. The summed E-state index contributed by atoms with van der Waals surface area (Å²) in [6.45, 7) is 4.01. The molecule has 4 nitrogen and oxygen atoms in total. The van der Waals surface area contributed by atoms with Gasteiger partial charge < -0.3 is 16.2 Å². The van der Waals surface area contributed by atoms with Crippen LogP contribution in [-0.4, -0.2) is 23.7 Å². The number of aliphatic hydroxyl groups is 1. The van der Waals surface area contributed by atoms with E-state index in [9.17, 15) is 4.79 Å². The van der Waals surface area contributed by atoms with E-state index in [4.69, 9.17) is 22.4 Å². The van der Waals surface area contributed by atoms with Crippen LogP contribution in [0, 0.1) is 5.92 Å². The molecule has 1 aromatic carbocycles. The van der Waals surface area contributed by atoms with Gasteiger partial charge in [0.05, 0.1) is 16.3 Å². The minimum Gasteiger partial charge on any atom is -0.398 e. The molecule has 4 N–H and O–H groups in total. The Morgan fingerprint density at radius 1 is 1.50 bits per heavy atom. The summed E-state index contributed by atoms with van der Waals surface area (Å²) in [6, 6.07) is 4.88. The molecular formula is C13H19ClN2O2. The fourth-order valence-electron chi connectivity index (χ4n) is 1.68. The minimum absolute atomic E-state index is 0.0355. The Hall–Kier alpha value is -1.26. The second-order valence-electron chi connectivity index (χ2n) is 4.55. The quantitative estimate of drug-likeness (QED) is 0.717. The van der Waals surface area contributed by atoms with Gasteiger partial charge in [0.15, 0.2) is 0 Å². The Morgan fingerprint density at radius 3 is 2.72 bits per heavy atom. The number of rotatable bonds is 5. The van der Waals surface area contributed by atoms with Gasteiger partial charge in [0.1, 0.15) is 0 Å². The van der Waals surface area contributed by atoms with E-state index >= 15 is 0 Å². The highest BCUT2D eigenvalue weighted by atomic mass is 35.5. The molecule has 1 aromatic rings. The molecular weight excluding hydrogens is 252 g/mol. The maximum Gasteiger partial charge on any atom is 0.253 e. The van der Waals surface area contributed by atoms with Gasteiger partial charge in [-0.15, -0.1) is 0 Å². The van der Waals surface area contributed by atoms with Crippen molar-refractivity contribution in [3.05, 3.63) is 28.8 Å². The molecule has 1 atom stereocenters. The number of carbonyl (C=O) groups excluding carboxylic acids is 1. The molecule has 0 saturated heterocycles. The fourth-order valence-corrected chi connectivity index (χ4v) is 1.89. The lowest BCUT2D eigenvalue weighted by atomic mass is 10.0. The van der Waals surface area contributed by atoms with Crippen LogP contribution in [0.2, 0.25) is 5.02 Å². The summed E-state index contributed by atoms with van der Waals surface area (Å²) in [5.41, 5.74) is 6.40. The lowest BCUT2D eigenvalue weighted by Crippen LogP contribution is -2.39. The highest BCUT2D eigenvalue weighted by Gasteiger charge is 2.18. The first-order valence-corrected chi connectivity index (χ1v) is 6.30. The highest BCUT2D eigenvalue weighted by Crippen LogP contribution is 2.23. The van der Waals surface area contributed by atoms with Gasteiger partial charge in [0.2, 0.25) is 0 Å². The van der Waals surface area contributed by atoms with Crippen molar-refractivity contribution in [2.24, 2.45) is 5.92 Å². The highest BCUT2D eigenvalue weighted by molar-refractivity contribution is 6.36. The molecule has 0 spiro atoms. The minimum atomic E-state index is -0.264. The van der Waals surface area contributed by atoms with Gasteiger partial charge in [-0.25, -0.2) is 0 Å². The molecule has 0 saturated carbocycles. The van der Waals surface area contributed by atoms with Gasteiger partial charge in [0, 0.05) is 12.6 Å². The molecule has 5 heteroatoms. The smallest absolute Gasteiger partial charge is 0.253 e. The number of nitrogens with two attached hydrogens (primary N) is 1. The monoisotopic (exact) mass is 270 g/mol. The van der Waals surface area contributed by atoms with E-state index < -0.39 is 0 Å². The normalized spacial score (nSPS) is 12.5. The summed E-state index contributed by atoms with van der Waals surface area (Å²) in [5.74, 6) is -0.0274. The molecule has 1 unspecified atom stereocenters. The molecule has 1 rings (SSSR count). The van der Waals surface area contributed by atoms with Crippen molar-refractivity contribution in [3.8, 4) is 0 Å². The van der Waals surface area contributed by atoms with Crippen molar-refractivity contribution < 1.29 is 9.90 Å². The van der Waals surface area contributed by atoms with Gasteiger partial charge >= 0.3 is 0 Å². The molecule has 100 valence electrons. The number of benzene rings is 1. The van der Waals surface area contributed by atoms with Crippen LogP contribution in [0.3, 0.4) is 0 Å². The molecule has 0 aliphatic heterocycles. The predicted octanol–water partition coefficient (Wildman–Crippen LogP) is 2.06. The van der Waals surface area contributed by atoms with Crippen molar-refractivity contribution in [3.63, 3.8) is 0 Å². The van der Waals surface area contributed by atoms with E-state index in [0.29, 0.717) is 17.7 Å². The van der Waals surface area contributed by atoms with Gasteiger partial charge in [-0.2, -0.15) is 0 Å². The molecule has 0 aliphatic carbocycles. The van der Waals surface area contributed by atoms with Crippen LogP contribution in [0.25, 0.3) is 0 Å². The molecule has 0 fully saturated rings. The van der Waals surface area contributed by atoms with Crippen LogP contribution in [-0.2, 0) is 0 Å². The van der Waals surface area contributed by atoms with E-state index in [1.807, 2.05) is 13.8 Å². The molecule has 18 heavy (non-hydrogen) atoms. The van der Waals surface area contributed by atoms with Crippen LogP contribution in [0.15, 0.2) is 18.2 Å². The van der Waals surface area contributed by atoms with Crippen molar-refractivity contribution in [2.45, 2.75) is 26.3 Å². The second-order valence-corrected chi connectivity index (χ2v) is 4.92. The van der Waals surface area contributed by atoms with Gasteiger partial charge in [-0.1, -0.05) is 31.5 Å². The maximum absolute atomic E-state index is 12.1. The van der Waals surface area contributed by atoms with E-state index in [-0.39, 0.29) is 29.5 Å². The SMILES string of the molecule is CC(C)C(CCO)NC(=O)c1cccc(N)c1Cl. The summed E-state index contributed by atoms with van der Waals surface area (Å²) in [6.07, 6.45) is 0.517. The van der Waals surface area contributed by atoms with Gasteiger partial charge in [-0.05, 0) is 24.5 Å². The molecule has 0 heterocycles. The topological polar surface area (TPSA) is 75.3 Å². The molecule has 1 amide bonds. The standard InChI is InChI=1S/C13H19ClN2O2/c1-8(2)11(6-7-17)16-13(18)9-4-3-5-10(15)12(9)14/h3-5,8,11,17H,6-7,15H2,1-2H3,(H,16,18). The summed E-state index contributed by atoms with van der Waals surface area (Å²) < 4.78 is 0. The van der Waals surface area contributed by atoms with Crippen molar-refractivity contribution >= 4 is 23.2 Å². The summed E-state index contributed by atoms with van der Waals surface area (Å²) in [7, 11) is 0. The average molecular weight is 271 g/mol. The van der Waals surface area contributed by atoms with Crippen LogP contribution in [0.4, 0.5) is 5.69 Å². The largest absolute Gasteiger partial charge is 0.398 e. The zero-order valence-corrected chi connectivity index (χ0v) is 11.4. The number of anilines is 1. The van der Waals surface area contributed by atoms with E-state index in [1.165, 1.54) is 0 Å². The van der Waals surface area contributed by atoms with Crippen LogP contribution < -0.4 is 11.1 Å². The second kappa shape index (κ2) is 6.61. The first-order valence-electron chi connectivity index (χ1n) is 5.93. The van der Waals surface area contributed by atoms with Crippen molar-refractivity contribution in [1.82, 2.24) is 5.32 Å². The van der Waals surface area contributed by atoms with Crippen LogP contribution in [0.1, 0.15) is 30.6 Å². The lowest BCUT2D eigenvalue weighted by Gasteiger charge is -2.21. The molecule has 0 bridgehead atoms. The number of hydrogen-bond acceptors (Lipinski definition) is 3. The zero-order chi connectivity index (χ0) is 13.7. The maximum atomic E-state index is 12.1. The number of nitrogens with one attached hydrogen (secondary N) is 1. The van der Waals surface area contributed by atoms with E-state index in [1.54, 1.807) is 18.2 Å². The Morgan fingerprint density at radius 2 is 2.17 bits per heavy atom. The molecule has 0 aliphatic rings. The third-order valence-electron chi connectivity index (χ3n) is 2.83. The summed E-state index contributed by atoms with van der Waals surface area (Å²) >= 11 is 5.99. The van der Waals surface area contributed by atoms with Gasteiger partial charge in [0.25, 0.3) is 5.91 Å². The number of carbonyl (C=O) groups is 1. The number of halogens is 1. The third-order valence-corrected chi connectivity index (χ3v) is 3.26. The average Bonchev–Trinajstić information content (AvgIpc) is 2.31. The Bertz CT molecular complexity index is 421. The Balaban J connectivity index is 2.84.